The Morgan fingerprint density at radius 2 is 1.72 bits per heavy atom. The molecule has 2 aromatic carbocycles. The minimum atomic E-state index is -0.574. The van der Waals surface area contributed by atoms with Crippen molar-refractivity contribution in [3.05, 3.63) is 51.4 Å². The average molecular weight is 477 g/mol. The van der Waals surface area contributed by atoms with Crippen LogP contribution in [0.25, 0.3) is 6.08 Å². The van der Waals surface area contributed by atoms with E-state index in [0.717, 1.165) is 22.2 Å². The highest BCUT2D eigenvalue weighted by molar-refractivity contribution is 8.18. The molecular formula is C22H21ClN2O6S. The van der Waals surface area contributed by atoms with Crippen molar-refractivity contribution in [1.29, 1.82) is 0 Å². The third-order valence-electron chi connectivity index (χ3n) is 4.67. The van der Waals surface area contributed by atoms with Crippen LogP contribution in [-0.2, 0) is 9.59 Å². The predicted molar refractivity (Wildman–Crippen MR) is 124 cm³/mol. The lowest BCUT2D eigenvalue weighted by atomic mass is 10.1. The summed E-state index contributed by atoms with van der Waals surface area (Å²) >= 11 is 6.71. The van der Waals surface area contributed by atoms with E-state index in [9.17, 15) is 14.4 Å². The molecule has 1 aliphatic rings. The quantitative estimate of drug-likeness (QED) is 0.593. The Balaban J connectivity index is 1.81. The molecule has 1 fully saturated rings. The zero-order valence-corrected chi connectivity index (χ0v) is 19.4. The predicted octanol–water partition coefficient (Wildman–Crippen LogP) is 4.35. The minimum absolute atomic E-state index is 0.159. The Morgan fingerprint density at radius 1 is 1.06 bits per heavy atom. The molecule has 1 saturated heterocycles. The SMILES string of the molecule is COc1cc(OC)c(OC)cc1/C=C1/SC(=O)N(CC(=O)Nc2cc(Cl)ccc2C)C1=O. The molecule has 1 aliphatic heterocycles. The van der Waals surface area contributed by atoms with Gasteiger partial charge in [-0.2, -0.15) is 0 Å². The van der Waals surface area contributed by atoms with Gasteiger partial charge >= 0.3 is 0 Å². The fourth-order valence-electron chi connectivity index (χ4n) is 3.01. The van der Waals surface area contributed by atoms with E-state index in [0.29, 0.717) is 33.5 Å². The Kier molecular flexibility index (Phi) is 7.32. The molecule has 3 amide bonds. The Hall–Kier alpha value is -3.17. The Bertz CT molecular complexity index is 1120. The van der Waals surface area contributed by atoms with Crippen LogP contribution in [0.15, 0.2) is 35.2 Å². The number of halogens is 1. The molecule has 0 radical (unpaired) electrons. The molecule has 8 nitrogen and oxygen atoms in total. The molecule has 0 spiro atoms. The van der Waals surface area contributed by atoms with E-state index in [1.807, 2.05) is 6.92 Å². The number of carbonyl (C=O) groups excluding carboxylic acids is 3. The van der Waals surface area contributed by atoms with Gasteiger partial charge in [0.25, 0.3) is 11.1 Å². The molecule has 168 valence electrons. The number of thioether (sulfide) groups is 1. The van der Waals surface area contributed by atoms with E-state index in [1.165, 1.54) is 27.4 Å². The number of amides is 3. The van der Waals surface area contributed by atoms with Crippen LogP contribution in [0, 0.1) is 6.92 Å². The lowest BCUT2D eigenvalue weighted by Gasteiger charge is -2.14. The van der Waals surface area contributed by atoms with Crippen molar-refractivity contribution >= 4 is 52.2 Å². The smallest absolute Gasteiger partial charge is 0.294 e. The van der Waals surface area contributed by atoms with Crippen molar-refractivity contribution in [1.82, 2.24) is 4.90 Å². The van der Waals surface area contributed by atoms with Gasteiger partial charge in [0.1, 0.15) is 12.3 Å². The number of nitrogens with one attached hydrogen (secondary N) is 1. The van der Waals surface area contributed by atoms with Crippen molar-refractivity contribution in [3.8, 4) is 17.2 Å². The number of ether oxygens (including phenoxy) is 3. The number of carbonyl (C=O) groups is 3. The lowest BCUT2D eigenvalue weighted by Crippen LogP contribution is -2.36. The first kappa shape index (κ1) is 23.5. The number of hydrogen-bond acceptors (Lipinski definition) is 7. The second-order valence-corrected chi connectivity index (χ2v) is 8.15. The van der Waals surface area contributed by atoms with Crippen LogP contribution in [0.5, 0.6) is 17.2 Å². The van der Waals surface area contributed by atoms with Crippen molar-refractivity contribution in [2.75, 3.05) is 33.2 Å². The maximum atomic E-state index is 12.8. The van der Waals surface area contributed by atoms with Gasteiger partial charge in [-0.15, -0.1) is 0 Å². The molecule has 0 aliphatic carbocycles. The second-order valence-electron chi connectivity index (χ2n) is 6.72. The zero-order chi connectivity index (χ0) is 23.4. The zero-order valence-electron chi connectivity index (χ0n) is 17.9. The van der Waals surface area contributed by atoms with E-state index < -0.39 is 23.6 Å². The van der Waals surface area contributed by atoms with Gasteiger partial charge in [0, 0.05) is 22.3 Å². The van der Waals surface area contributed by atoms with Crippen LogP contribution in [-0.4, -0.2) is 49.8 Å². The molecule has 0 unspecified atom stereocenters. The summed E-state index contributed by atoms with van der Waals surface area (Å²) in [7, 11) is 4.47. The van der Waals surface area contributed by atoms with Gasteiger partial charge in [-0.25, -0.2) is 0 Å². The average Bonchev–Trinajstić information content (AvgIpc) is 3.03. The van der Waals surface area contributed by atoms with E-state index in [4.69, 9.17) is 25.8 Å². The van der Waals surface area contributed by atoms with Crippen LogP contribution < -0.4 is 19.5 Å². The molecule has 1 N–H and O–H groups in total. The first-order chi connectivity index (χ1) is 15.3. The second kappa shape index (κ2) is 9.97. The maximum Gasteiger partial charge on any atom is 0.294 e. The standard InChI is InChI=1S/C22H21ClN2O6S/c1-12-5-6-14(23)9-15(12)24-20(26)11-25-21(27)19(32-22(25)28)8-13-7-17(30-3)18(31-4)10-16(13)29-2/h5-10H,11H2,1-4H3,(H,24,26)/b19-8+. The largest absolute Gasteiger partial charge is 0.496 e. The monoisotopic (exact) mass is 476 g/mol. The first-order valence-corrected chi connectivity index (χ1v) is 10.6. The molecule has 1 heterocycles. The molecule has 0 aromatic heterocycles. The highest BCUT2D eigenvalue weighted by Crippen LogP contribution is 2.38. The molecule has 0 saturated carbocycles. The van der Waals surface area contributed by atoms with Crippen molar-refractivity contribution in [2.24, 2.45) is 0 Å². The molecule has 32 heavy (non-hydrogen) atoms. The van der Waals surface area contributed by atoms with Gasteiger partial charge in [0.2, 0.25) is 5.91 Å². The van der Waals surface area contributed by atoms with Gasteiger partial charge < -0.3 is 19.5 Å². The number of methoxy groups -OCH3 is 3. The number of aryl methyl sites for hydroxylation is 1. The number of benzene rings is 2. The van der Waals surface area contributed by atoms with Gasteiger partial charge in [-0.3, -0.25) is 19.3 Å². The van der Waals surface area contributed by atoms with Crippen LogP contribution in [0.1, 0.15) is 11.1 Å². The summed E-state index contributed by atoms with van der Waals surface area (Å²) in [5.41, 5.74) is 1.84. The summed E-state index contributed by atoms with van der Waals surface area (Å²) in [6.45, 7) is 1.39. The maximum absolute atomic E-state index is 12.8. The summed E-state index contributed by atoms with van der Waals surface area (Å²) in [6, 6.07) is 8.33. The van der Waals surface area contributed by atoms with Gasteiger partial charge in [0.15, 0.2) is 11.5 Å². The number of rotatable bonds is 7. The third-order valence-corrected chi connectivity index (χ3v) is 5.81. The fourth-order valence-corrected chi connectivity index (χ4v) is 4.01. The van der Waals surface area contributed by atoms with Crippen molar-refractivity contribution in [3.63, 3.8) is 0 Å². The van der Waals surface area contributed by atoms with Gasteiger partial charge in [-0.05, 0) is 48.5 Å². The number of nitrogens with zero attached hydrogens (tertiary/aromatic N) is 1. The molecular weight excluding hydrogens is 456 g/mol. The summed E-state index contributed by atoms with van der Waals surface area (Å²) in [6.07, 6.45) is 1.52. The van der Waals surface area contributed by atoms with E-state index in [1.54, 1.807) is 30.3 Å². The highest BCUT2D eigenvalue weighted by atomic mass is 35.5. The Labute approximate surface area is 194 Å². The van der Waals surface area contributed by atoms with E-state index in [-0.39, 0.29) is 4.91 Å². The van der Waals surface area contributed by atoms with Crippen LogP contribution in [0.3, 0.4) is 0 Å². The topological polar surface area (TPSA) is 94.2 Å². The van der Waals surface area contributed by atoms with E-state index >= 15 is 0 Å². The molecule has 10 heteroatoms. The number of imide groups is 1. The molecule has 0 bridgehead atoms. The normalized spacial score (nSPS) is 14.7. The summed E-state index contributed by atoms with van der Waals surface area (Å²) < 4.78 is 15.9. The molecule has 2 aromatic rings. The van der Waals surface area contributed by atoms with Crippen LogP contribution in [0.4, 0.5) is 10.5 Å². The molecule has 3 rings (SSSR count). The Morgan fingerprint density at radius 3 is 2.38 bits per heavy atom. The van der Waals surface area contributed by atoms with Crippen LogP contribution in [0.2, 0.25) is 5.02 Å². The number of anilines is 1. The van der Waals surface area contributed by atoms with Crippen molar-refractivity contribution in [2.45, 2.75) is 6.92 Å². The first-order valence-electron chi connectivity index (χ1n) is 9.38. The lowest BCUT2D eigenvalue weighted by molar-refractivity contribution is -0.127. The van der Waals surface area contributed by atoms with E-state index in [2.05, 4.69) is 5.32 Å². The fraction of sp³-hybridized carbons (Fsp3) is 0.227. The summed E-state index contributed by atoms with van der Waals surface area (Å²) in [5.74, 6) is 0.249. The molecule has 0 atom stereocenters. The number of hydrogen-bond donors (Lipinski definition) is 1. The summed E-state index contributed by atoms with van der Waals surface area (Å²) in [5, 5.41) is 2.60. The van der Waals surface area contributed by atoms with Crippen molar-refractivity contribution < 1.29 is 28.6 Å². The van der Waals surface area contributed by atoms with Gasteiger partial charge in [0.05, 0.1) is 26.2 Å². The summed E-state index contributed by atoms with van der Waals surface area (Å²) in [4.78, 5) is 38.8. The van der Waals surface area contributed by atoms with Crippen LogP contribution >= 0.6 is 23.4 Å². The minimum Gasteiger partial charge on any atom is -0.496 e. The van der Waals surface area contributed by atoms with Gasteiger partial charge in [-0.1, -0.05) is 17.7 Å². The third kappa shape index (κ3) is 5.00. The highest BCUT2D eigenvalue weighted by Gasteiger charge is 2.36.